The van der Waals surface area contributed by atoms with Gasteiger partial charge in [0.25, 0.3) is 5.56 Å². The molecule has 1 saturated carbocycles. The Morgan fingerprint density at radius 2 is 2.23 bits per heavy atom. The monoisotopic (exact) mass is 478 g/mol. The van der Waals surface area contributed by atoms with E-state index in [1.165, 1.54) is 29.7 Å². The van der Waals surface area contributed by atoms with Crippen LogP contribution in [0.5, 0.6) is 5.75 Å². The van der Waals surface area contributed by atoms with E-state index in [4.69, 9.17) is 4.74 Å². The van der Waals surface area contributed by atoms with Crippen molar-refractivity contribution in [1.82, 2.24) is 9.38 Å². The van der Waals surface area contributed by atoms with E-state index in [1.54, 1.807) is 10.6 Å². The standard InChI is InChI=1S/C20H19IN2O2S/c1-2-14-4-3-5-15(18(14)25-12-13-6-7-13)8-9-16-17(21)19(24)23-10-11-26-20(23)22-16/h3-5,8-11,13H,2,6-7,12H2,1H3. The molecular weight excluding hydrogens is 459 g/mol. The number of aryl methyl sites for hydroxylation is 1. The second-order valence-electron chi connectivity index (χ2n) is 6.45. The van der Waals surface area contributed by atoms with Crippen molar-refractivity contribution in [2.75, 3.05) is 6.61 Å². The van der Waals surface area contributed by atoms with Crippen LogP contribution in [0.25, 0.3) is 17.1 Å². The minimum Gasteiger partial charge on any atom is -0.492 e. The third-order valence-electron chi connectivity index (χ3n) is 4.53. The van der Waals surface area contributed by atoms with Crippen molar-refractivity contribution in [3.05, 3.63) is 60.5 Å². The molecule has 2 heterocycles. The number of aromatic nitrogens is 2. The summed E-state index contributed by atoms with van der Waals surface area (Å²) in [6.07, 6.45) is 9.16. The van der Waals surface area contributed by atoms with Gasteiger partial charge in [-0.1, -0.05) is 25.1 Å². The number of hydrogen-bond donors (Lipinski definition) is 0. The molecule has 0 spiro atoms. The molecule has 134 valence electrons. The predicted molar refractivity (Wildman–Crippen MR) is 115 cm³/mol. The van der Waals surface area contributed by atoms with Crippen molar-refractivity contribution in [2.45, 2.75) is 26.2 Å². The summed E-state index contributed by atoms with van der Waals surface area (Å²) in [6, 6.07) is 6.23. The first-order valence-corrected chi connectivity index (χ1v) is 10.7. The summed E-state index contributed by atoms with van der Waals surface area (Å²) >= 11 is 3.54. The number of benzene rings is 1. The molecule has 2 aromatic heterocycles. The molecule has 1 fully saturated rings. The molecule has 1 aromatic carbocycles. The second kappa shape index (κ2) is 7.52. The zero-order valence-corrected chi connectivity index (χ0v) is 17.4. The molecule has 0 unspecified atom stereocenters. The summed E-state index contributed by atoms with van der Waals surface area (Å²) < 4.78 is 8.36. The van der Waals surface area contributed by atoms with Gasteiger partial charge in [0.05, 0.1) is 12.3 Å². The number of para-hydroxylation sites is 1. The van der Waals surface area contributed by atoms with Crippen LogP contribution < -0.4 is 10.3 Å². The molecule has 1 aliphatic rings. The molecule has 0 atom stereocenters. The molecular formula is C20H19IN2O2S. The van der Waals surface area contributed by atoms with Crippen molar-refractivity contribution >= 4 is 51.0 Å². The topological polar surface area (TPSA) is 43.6 Å². The van der Waals surface area contributed by atoms with Crippen LogP contribution in [0.15, 0.2) is 34.6 Å². The normalized spacial score (nSPS) is 14.4. The molecule has 0 N–H and O–H groups in total. The third kappa shape index (κ3) is 3.57. The van der Waals surface area contributed by atoms with Gasteiger partial charge in [-0.25, -0.2) is 4.98 Å². The van der Waals surface area contributed by atoms with Gasteiger partial charge < -0.3 is 4.74 Å². The first kappa shape index (κ1) is 17.7. The Bertz CT molecular complexity index is 1030. The summed E-state index contributed by atoms with van der Waals surface area (Å²) in [5, 5.41) is 1.88. The molecule has 1 aliphatic carbocycles. The fourth-order valence-corrected chi connectivity index (χ4v) is 4.10. The van der Waals surface area contributed by atoms with E-state index in [0.29, 0.717) is 20.1 Å². The fraction of sp³-hybridized carbons (Fsp3) is 0.300. The zero-order chi connectivity index (χ0) is 18.1. The maximum Gasteiger partial charge on any atom is 0.272 e. The van der Waals surface area contributed by atoms with Crippen LogP contribution in [0.3, 0.4) is 0 Å². The average molecular weight is 478 g/mol. The number of fused-ring (bicyclic) bond motifs is 1. The lowest BCUT2D eigenvalue weighted by atomic mass is 10.1. The maximum absolute atomic E-state index is 12.4. The molecule has 4 rings (SSSR count). The number of halogens is 1. The van der Waals surface area contributed by atoms with Crippen molar-refractivity contribution < 1.29 is 4.74 Å². The smallest absolute Gasteiger partial charge is 0.272 e. The number of thiazole rings is 1. The molecule has 6 heteroatoms. The SMILES string of the molecule is CCc1cccc(C=Cc2nc3sccn3c(=O)c2I)c1OCC1CC1. The van der Waals surface area contributed by atoms with Crippen LogP contribution in [0.1, 0.15) is 36.6 Å². The Morgan fingerprint density at radius 1 is 1.38 bits per heavy atom. The first-order chi connectivity index (χ1) is 12.7. The van der Waals surface area contributed by atoms with E-state index in [2.05, 4.69) is 52.7 Å². The number of hydrogen-bond acceptors (Lipinski definition) is 4. The number of rotatable bonds is 6. The number of nitrogens with zero attached hydrogens (tertiary/aromatic N) is 2. The van der Waals surface area contributed by atoms with Gasteiger partial charge in [-0.2, -0.15) is 0 Å². The highest BCUT2D eigenvalue weighted by molar-refractivity contribution is 14.1. The van der Waals surface area contributed by atoms with Gasteiger partial charge in [0.1, 0.15) is 9.32 Å². The van der Waals surface area contributed by atoms with Gasteiger partial charge in [0.15, 0.2) is 4.96 Å². The van der Waals surface area contributed by atoms with Crippen molar-refractivity contribution in [1.29, 1.82) is 0 Å². The molecule has 3 aromatic rings. The first-order valence-electron chi connectivity index (χ1n) is 8.75. The maximum atomic E-state index is 12.4. The molecule has 4 nitrogen and oxygen atoms in total. The van der Waals surface area contributed by atoms with Crippen LogP contribution in [-0.4, -0.2) is 16.0 Å². The van der Waals surface area contributed by atoms with E-state index >= 15 is 0 Å². The van der Waals surface area contributed by atoms with E-state index in [9.17, 15) is 4.79 Å². The largest absolute Gasteiger partial charge is 0.492 e. The molecule has 0 aliphatic heterocycles. The number of ether oxygens (including phenoxy) is 1. The van der Waals surface area contributed by atoms with Gasteiger partial charge in [-0.15, -0.1) is 11.3 Å². The molecule has 0 saturated heterocycles. The summed E-state index contributed by atoms with van der Waals surface area (Å²) in [5.41, 5.74) is 2.93. The molecule has 26 heavy (non-hydrogen) atoms. The van der Waals surface area contributed by atoms with E-state index in [-0.39, 0.29) is 5.56 Å². The van der Waals surface area contributed by atoms with Gasteiger partial charge in [-0.05, 0) is 65.5 Å². The summed E-state index contributed by atoms with van der Waals surface area (Å²) in [4.78, 5) is 17.8. The van der Waals surface area contributed by atoms with Gasteiger partial charge in [-0.3, -0.25) is 9.20 Å². The van der Waals surface area contributed by atoms with Crippen molar-refractivity contribution in [3.8, 4) is 5.75 Å². The average Bonchev–Trinajstić information content (AvgIpc) is 3.37. The van der Waals surface area contributed by atoms with Crippen molar-refractivity contribution in [3.63, 3.8) is 0 Å². The Kier molecular flexibility index (Phi) is 5.13. The van der Waals surface area contributed by atoms with Crippen LogP contribution in [0.2, 0.25) is 0 Å². The quantitative estimate of drug-likeness (QED) is 0.475. The van der Waals surface area contributed by atoms with E-state index in [1.807, 2.05) is 17.5 Å². The zero-order valence-electron chi connectivity index (χ0n) is 14.4. The Morgan fingerprint density at radius 3 is 3.00 bits per heavy atom. The van der Waals surface area contributed by atoms with Gasteiger partial charge in [0, 0.05) is 17.1 Å². The van der Waals surface area contributed by atoms with E-state index < -0.39 is 0 Å². The highest BCUT2D eigenvalue weighted by Crippen LogP contribution is 2.32. The molecule has 0 radical (unpaired) electrons. The lowest BCUT2D eigenvalue weighted by molar-refractivity contribution is 0.296. The summed E-state index contributed by atoms with van der Waals surface area (Å²) in [6.45, 7) is 2.93. The summed E-state index contributed by atoms with van der Waals surface area (Å²) in [5.74, 6) is 1.67. The Balaban J connectivity index is 1.70. The van der Waals surface area contributed by atoms with Gasteiger partial charge in [0.2, 0.25) is 0 Å². The highest BCUT2D eigenvalue weighted by Gasteiger charge is 2.22. The van der Waals surface area contributed by atoms with Crippen LogP contribution in [0.4, 0.5) is 0 Å². The molecule has 0 bridgehead atoms. The lowest BCUT2D eigenvalue weighted by Crippen LogP contribution is -2.17. The summed E-state index contributed by atoms with van der Waals surface area (Å²) in [7, 11) is 0. The van der Waals surface area contributed by atoms with Crippen molar-refractivity contribution in [2.24, 2.45) is 5.92 Å². The predicted octanol–water partition coefficient (Wildman–Crippen LogP) is 4.88. The van der Waals surface area contributed by atoms with Crippen LogP contribution in [-0.2, 0) is 6.42 Å². The Labute approximate surface area is 169 Å². The fourth-order valence-electron chi connectivity index (χ4n) is 2.83. The Hall–Kier alpha value is -1.67. The van der Waals surface area contributed by atoms with Gasteiger partial charge >= 0.3 is 0 Å². The highest BCUT2D eigenvalue weighted by atomic mass is 127. The minimum atomic E-state index is -0.0241. The van der Waals surface area contributed by atoms with Crippen LogP contribution >= 0.6 is 33.9 Å². The second-order valence-corrected chi connectivity index (χ2v) is 8.40. The van der Waals surface area contributed by atoms with Crippen LogP contribution in [0, 0.1) is 9.49 Å². The molecule has 0 amide bonds. The minimum absolute atomic E-state index is 0.0241. The van der Waals surface area contributed by atoms with E-state index in [0.717, 1.165) is 24.3 Å². The lowest BCUT2D eigenvalue weighted by Gasteiger charge is -2.13. The third-order valence-corrected chi connectivity index (χ3v) is 6.30.